The van der Waals surface area contributed by atoms with Gasteiger partial charge in [-0.25, -0.2) is 0 Å². The van der Waals surface area contributed by atoms with Crippen molar-refractivity contribution in [1.82, 2.24) is 0 Å². The van der Waals surface area contributed by atoms with Crippen molar-refractivity contribution in [3.05, 3.63) is 0 Å². The highest BCUT2D eigenvalue weighted by Crippen LogP contribution is 2.27. The van der Waals surface area contributed by atoms with Gasteiger partial charge in [0.1, 0.15) is 5.92 Å². The summed E-state index contributed by atoms with van der Waals surface area (Å²) < 4.78 is 0. The molecule has 1 aliphatic rings. The third kappa shape index (κ3) is 4.89. The number of nitrogens with zero attached hydrogens (tertiary/aromatic N) is 1. The molecule has 1 saturated carbocycles. The molecule has 0 aliphatic heterocycles. The maximum atomic E-state index is 12.3. The number of hydrogen-bond acceptors (Lipinski definition) is 2. The molecule has 1 unspecified atom stereocenters. The van der Waals surface area contributed by atoms with E-state index in [0.29, 0.717) is 5.92 Å². The summed E-state index contributed by atoms with van der Waals surface area (Å²) >= 11 is 0. The molecule has 96 valence electrons. The smallest absolute Gasteiger partial charge is 0.153 e. The van der Waals surface area contributed by atoms with Gasteiger partial charge in [-0.1, -0.05) is 46.0 Å². The van der Waals surface area contributed by atoms with E-state index in [9.17, 15) is 4.79 Å². The monoisotopic (exact) mass is 235 g/mol. The highest BCUT2D eigenvalue weighted by Gasteiger charge is 2.27. The van der Waals surface area contributed by atoms with Crippen molar-refractivity contribution in [2.75, 3.05) is 0 Å². The first-order valence-corrected chi connectivity index (χ1v) is 7.08. The summed E-state index contributed by atoms with van der Waals surface area (Å²) in [5.74, 6) is 0.457. The quantitative estimate of drug-likeness (QED) is 0.736. The maximum Gasteiger partial charge on any atom is 0.153 e. The molecule has 0 aromatic rings. The maximum absolute atomic E-state index is 12.3. The van der Waals surface area contributed by atoms with Gasteiger partial charge in [0.2, 0.25) is 0 Å². The molecule has 0 spiro atoms. The lowest BCUT2D eigenvalue weighted by Crippen LogP contribution is -2.24. The number of carbonyl (C=O) groups excluding carboxylic acids is 1. The van der Waals surface area contributed by atoms with Crippen molar-refractivity contribution in [3.63, 3.8) is 0 Å². The van der Waals surface area contributed by atoms with E-state index in [4.69, 9.17) is 5.26 Å². The Bertz CT molecular complexity index is 269. The summed E-state index contributed by atoms with van der Waals surface area (Å²) in [7, 11) is 0. The second-order valence-corrected chi connectivity index (χ2v) is 5.76. The van der Waals surface area contributed by atoms with Gasteiger partial charge < -0.3 is 0 Å². The topological polar surface area (TPSA) is 40.9 Å². The van der Waals surface area contributed by atoms with E-state index in [-0.39, 0.29) is 17.6 Å². The van der Waals surface area contributed by atoms with Crippen molar-refractivity contribution in [2.45, 2.75) is 65.2 Å². The van der Waals surface area contributed by atoms with E-state index in [1.165, 1.54) is 19.3 Å². The third-order valence-electron chi connectivity index (χ3n) is 3.71. The zero-order chi connectivity index (χ0) is 12.7. The lowest BCUT2D eigenvalue weighted by atomic mass is 9.81. The Hall–Kier alpha value is -0.840. The van der Waals surface area contributed by atoms with Crippen molar-refractivity contribution in [3.8, 4) is 6.07 Å². The molecular formula is C15H25NO. The predicted molar refractivity (Wildman–Crippen MR) is 69.4 cm³/mol. The molecule has 0 N–H and O–H groups in total. The zero-order valence-electron chi connectivity index (χ0n) is 11.2. The van der Waals surface area contributed by atoms with Crippen LogP contribution in [0.5, 0.6) is 0 Å². The molecule has 2 nitrogen and oxygen atoms in total. The second-order valence-electron chi connectivity index (χ2n) is 5.76. The fraction of sp³-hybridized carbons (Fsp3) is 0.867. The number of Topliss-reactive ketones (excluding diaryl/α,β-unsaturated/α-hetero) is 1. The molecule has 1 atom stereocenters. The average molecular weight is 235 g/mol. The molecular weight excluding hydrogens is 210 g/mol. The largest absolute Gasteiger partial charge is 0.298 e. The predicted octanol–water partition coefficient (Wildman–Crippen LogP) is 4.10. The van der Waals surface area contributed by atoms with E-state index in [2.05, 4.69) is 19.9 Å². The van der Waals surface area contributed by atoms with Crippen molar-refractivity contribution in [1.29, 1.82) is 5.26 Å². The lowest BCUT2D eigenvalue weighted by molar-refractivity contribution is -0.126. The van der Waals surface area contributed by atoms with E-state index in [1.54, 1.807) is 0 Å². The Balaban J connectivity index is 2.55. The van der Waals surface area contributed by atoms with Crippen LogP contribution in [0.2, 0.25) is 0 Å². The minimum atomic E-state index is -0.362. The summed E-state index contributed by atoms with van der Waals surface area (Å²) in [5, 5.41) is 9.13. The Morgan fingerprint density at radius 2 is 1.71 bits per heavy atom. The molecule has 0 heterocycles. The van der Waals surface area contributed by atoms with E-state index < -0.39 is 0 Å². The number of carbonyl (C=O) groups is 1. The van der Waals surface area contributed by atoms with Crippen molar-refractivity contribution in [2.24, 2.45) is 17.8 Å². The van der Waals surface area contributed by atoms with Gasteiger partial charge in [-0.3, -0.25) is 4.79 Å². The van der Waals surface area contributed by atoms with Gasteiger partial charge in [-0.05, 0) is 25.2 Å². The molecule has 0 saturated heterocycles. The van der Waals surface area contributed by atoms with Gasteiger partial charge in [0.15, 0.2) is 5.78 Å². The van der Waals surface area contributed by atoms with Crippen LogP contribution in [0.3, 0.4) is 0 Å². The van der Waals surface area contributed by atoms with Crippen LogP contribution >= 0.6 is 0 Å². The summed E-state index contributed by atoms with van der Waals surface area (Å²) in [6, 6.07) is 2.22. The summed E-state index contributed by atoms with van der Waals surface area (Å²) in [6.45, 7) is 4.16. The highest BCUT2D eigenvalue weighted by atomic mass is 16.1. The third-order valence-corrected chi connectivity index (χ3v) is 3.71. The normalized spacial score (nSPS) is 20.4. The van der Waals surface area contributed by atoms with Crippen LogP contribution in [0.1, 0.15) is 65.2 Å². The molecule has 1 fully saturated rings. The van der Waals surface area contributed by atoms with Crippen molar-refractivity contribution >= 4 is 5.78 Å². The number of hydrogen-bond donors (Lipinski definition) is 0. The number of ketones is 1. The fourth-order valence-corrected chi connectivity index (χ4v) is 2.73. The van der Waals surface area contributed by atoms with Crippen LogP contribution in [0.15, 0.2) is 0 Å². The van der Waals surface area contributed by atoms with Crippen LogP contribution < -0.4 is 0 Å². The highest BCUT2D eigenvalue weighted by molar-refractivity contribution is 5.85. The van der Waals surface area contributed by atoms with Crippen LogP contribution in [-0.4, -0.2) is 5.78 Å². The molecule has 2 heteroatoms. The first-order chi connectivity index (χ1) is 8.15. The van der Waals surface area contributed by atoms with Gasteiger partial charge in [0.25, 0.3) is 0 Å². The van der Waals surface area contributed by atoms with E-state index >= 15 is 0 Å². The van der Waals surface area contributed by atoms with Crippen molar-refractivity contribution < 1.29 is 4.79 Å². The SMILES string of the molecule is CC(C)CC(C#N)C(=O)C1CCCCCCC1. The number of rotatable bonds is 4. The van der Waals surface area contributed by atoms with E-state index in [0.717, 1.165) is 32.1 Å². The Morgan fingerprint density at radius 3 is 2.18 bits per heavy atom. The Morgan fingerprint density at radius 1 is 1.18 bits per heavy atom. The Kier molecular flexibility index (Phi) is 6.26. The molecule has 0 aromatic carbocycles. The van der Waals surface area contributed by atoms with Gasteiger partial charge in [-0.15, -0.1) is 0 Å². The van der Waals surface area contributed by atoms with Gasteiger partial charge in [0.05, 0.1) is 6.07 Å². The second kappa shape index (κ2) is 7.48. The van der Waals surface area contributed by atoms with Crippen LogP contribution in [-0.2, 0) is 4.79 Å². The molecule has 17 heavy (non-hydrogen) atoms. The minimum Gasteiger partial charge on any atom is -0.298 e. The summed E-state index contributed by atoms with van der Waals surface area (Å²) in [4.78, 5) is 12.3. The molecule has 1 rings (SSSR count). The van der Waals surface area contributed by atoms with Gasteiger partial charge in [0, 0.05) is 5.92 Å². The van der Waals surface area contributed by atoms with Gasteiger partial charge >= 0.3 is 0 Å². The minimum absolute atomic E-state index is 0.165. The molecule has 0 aromatic heterocycles. The lowest BCUT2D eigenvalue weighted by Gasteiger charge is -2.21. The first kappa shape index (κ1) is 14.2. The van der Waals surface area contributed by atoms with Gasteiger partial charge in [-0.2, -0.15) is 5.26 Å². The molecule has 1 aliphatic carbocycles. The molecule has 0 radical (unpaired) electrons. The fourth-order valence-electron chi connectivity index (χ4n) is 2.73. The molecule has 0 amide bonds. The van der Waals surface area contributed by atoms with Crippen LogP contribution in [0.25, 0.3) is 0 Å². The summed E-state index contributed by atoms with van der Waals surface area (Å²) in [6.07, 6.45) is 8.90. The Labute approximate surface area is 105 Å². The standard InChI is InChI=1S/C15H25NO/c1-12(2)10-14(11-16)15(17)13-8-6-4-3-5-7-9-13/h12-14H,3-10H2,1-2H3. The molecule has 0 bridgehead atoms. The van der Waals surface area contributed by atoms with E-state index in [1.807, 2.05) is 0 Å². The zero-order valence-corrected chi connectivity index (χ0v) is 11.2. The summed E-state index contributed by atoms with van der Waals surface area (Å²) in [5.41, 5.74) is 0. The number of nitriles is 1. The first-order valence-electron chi connectivity index (χ1n) is 7.08. The van der Waals surface area contributed by atoms with Crippen LogP contribution in [0, 0.1) is 29.1 Å². The van der Waals surface area contributed by atoms with Crippen LogP contribution in [0.4, 0.5) is 0 Å². The average Bonchev–Trinajstić information content (AvgIpc) is 2.24.